The molecule has 0 spiro atoms. The Balaban J connectivity index is 3.42. The van der Waals surface area contributed by atoms with Crippen LogP contribution in [0, 0.1) is 0 Å². The van der Waals surface area contributed by atoms with Gasteiger partial charge in [0.15, 0.2) is 0 Å². The highest BCUT2D eigenvalue weighted by molar-refractivity contribution is 5.76. The molecular formula is C52H99NO5. The Kier molecular flexibility index (Phi) is 46.6. The second kappa shape index (κ2) is 48.0. The Morgan fingerprint density at radius 2 is 0.810 bits per heavy atom. The van der Waals surface area contributed by atoms with Gasteiger partial charge in [0.1, 0.15) is 0 Å². The SMILES string of the molecule is CCCCCC/C=C\CCCCCCCC(=O)OCCCCCCCCCC/C=C\CCCCCCCCCC(=O)NC(CO)C(O)CCCCCCCCCCC. The fourth-order valence-corrected chi connectivity index (χ4v) is 7.74. The monoisotopic (exact) mass is 818 g/mol. The number of hydrogen-bond donors (Lipinski definition) is 3. The molecule has 0 bridgehead atoms. The molecule has 2 atom stereocenters. The highest BCUT2D eigenvalue weighted by Gasteiger charge is 2.20. The molecule has 0 saturated carbocycles. The third-order valence-electron chi connectivity index (χ3n) is 11.7. The number of amides is 1. The molecule has 0 rings (SSSR count). The molecule has 0 fully saturated rings. The van der Waals surface area contributed by atoms with Crippen LogP contribution in [-0.4, -0.2) is 47.4 Å². The quantitative estimate of drug-likeness (QED) is 0.0323. The first kappa shape index (κ1) is 56.3. The number of hydrogen-bond acceptors (Lipinski definition) is 5. The molecule has 6 nitrogen and oxygen atoms in total. The predicted molar refractivity (Wildman–Crippen MR) is 250 cm³/mol. The smallest absolute Gasteiger partial charge is 0.305 e. The minimum atomic E-state index is -0.668. The summed E-state index contributed by atoms with van der Waals surface area (Å²) < 4.78 is 5.45. The first-order valence-corrected chi connectivity index (χ1v) is 25.6. The highest BCUT2D eigenvalue weighted by atomic mass is 16.5. The van der Waals surface area contributed by atoms with Gasteiger partial charge in [0.2, 0.25) is 5.91 Å². The van der Waals surface area contributed by atoms with Crippen LogP contribution in [0.15, 0.2) is 24.3 Å². The summed E-state index contributed by atoms with van der Waals surface area (Å²) in [7, 11) is 0. The van der Waals surface area contributed by atoms with Crippen molar-refractivity contribution < 1.29 is 24.5 Å². The topological polar surface area (TPSA) is 95.9 Å². The van der Waals surface area contributed by atoms with Crippen LogP contribution in [0.4, 0.5) is 0 Å². The van der Waals surface area contributed by atoms with E-state index in [0.29, 0.717) is 25.9 Å². The summed E-state index contributed by atoms with van der Waals surface area (Å²) in [6.45, 7) is 4.89. The summed E-state index contributed by atoms with van der Waals surface area (Å²) in [4.78, 5) is 24.4. The maximum atomic E-state index is 12.4. The number of nitrogens with one attached hydrogen (secondary N) is 1. The van der Waals surface area contributed by atoms with Crippen molar-refractivity contribution in [2.24, 2.45) is 0 Å². The lowest BCUT2D eigenvalue weighted by Gasteiger charge is -2.22. The van der Waals surface area contributed by atoms with Gasteiger partial charge in [0.05, 0.1) is 25.4 Å². The third kappa shape index (κ3) is 43.9. The number of aliphatic hydroxyl groups is 2. The molecule has 58 heavy (non-hydrogen) atoms. The summed E-state index contributed by atoms with van der Waals surface area (Å²) in [5, 5.41) is 23.0. The van der Waals surface area contributed by atoms with E-state index in [1.807, 2.05) is 0 Å². The average molecular weight is 818 g/mol. The van der Waals surface area contributed by atoms with Crippen molar-refractivity contribution in [1.29, 1.82) is 0 Å². The number of carbonyl (C=O) groups excluding carboxylic acids is 2. The second-order valence-corrected chi connectivity index (χ2v) is 17.5. The average Bonchev–Trinajstić information content (AvgIpc) is 3.22. The predicted octanol–water partition coefficient (Wildman–Crippen LogP) is 15.1. The molecule has 0 aromatic heterocycles. The van der Waals surface area contributed by atoms with Gasteiger partial charge in [-0.25, -0.2) is 0 Å². The summed E-state index contributed by atoms with van der Waals surface area (Å²) >= 11 is 0. The second-order valence-electron chi connectivity index (χ2n) is 17.5. The van der Waals surface area contributed by atoms with E-state index in [-0.39, 0.29) is 18.5 Å². The summed E-state index contributed by atoms with van der Waals surface area (Å²) in [5.41, 5.74) is 0. The Morgan fingerprint density at radius 1 is 0.466 bits per heavy atom. The van der Waals surface area contributed by atoms with Gasteiger partial charge in [-0.3, -0.25) is 9.59 Å². The number of esters is 1. The summed E-state index contributed by atoms with van der Waals surface area (Å²) in [6, 6.07) is -0.546. The van der Waals surface area contributed by atoms with E-state index < -0.39 is 12.1 Å². The first-order valence-electron chi connectivity index (χ1n) is 25.6. The van der Waals surface area contributed by atoms with Gasteiger partial charge < -0.3 is 20.3 Å². The zero-order valence-electron chi connectivity index (χ0n) is 38.8. The van der Waals surface area contributed by atoms with Crippen LogP contribution in [0.25, 0.3) is 0 Å². The molecule has 0 heterocycles. The van der Waals surface area contributed by atoms with Crippen LogP contribution >= 0.6 is 0 Å². The molecule has 2 unspecified atom stereocenters. The molecule has 0 aliphatic heterocycles. The van der Waals surface area contributed by atoms with Crippen molar-refractivity contribution in [3.05, 3.63) is 24.3 Å². The van der Waals surface area contributed by atoms with Gasteiger partial charge in [-0.15, -0.1) is 0 Å². The molecule has 0 saturated heterocycles. The minimum Gasteiger partial charge on any atom is -0.466 e. The van der Waals surface area contributed by atoms with Crippen LogP contribution in [0.2, 0.25) is 0 Å². The lowest BCUT2D eigenvalue weighted by molar-refractivity contribution is -0.143. The highest BCUT2D eigenvalue weighted by Crippen LogP contribution is 2.15. The van der Waals surface area contributed by atoms with E-state index in [4.69, 9.17) is 4.74 Å². The van der Waals surface area contributed by atoms with Crippen LogP contribution in [-0.2, 0) is 14.3 Å². The third-order valence-corrected chi connectivity index (χ3v) is 11.7. The molecular weight excluding hydrogens is 719 g/mol. The van der Waals surface area contributed by atoms with E-state index in [1.54, 1.807) is 0 Å². The number of unbranched alkanes of at least 4 members (excludes halogenated alkanes) is 32. The van der Waals surface area contributed by atoms with E-state index >= 15 is 0 Å². The summed E-state index contributed by atoms with van der Waals surface area (Å²) in [5.74, 6) is -0.0535. The number of carbonyl (C=O) groups is 2. The normalized spacial score (nSPS) is 12.8. The Bertz CT molecular complexity index is 904. The van der Waals surface area contributed by atoms with Gasteiger partial charge in [0, 0.05) is 12.8 Å². The molecule has 0 radical (unpaired) electrons. The maximum absolute atomic E-state index is 12.4. The zero-order valence-corrected chi connectivity index (χ0v) is 38.8. The molecule has 0 aliphatic carbocycles. The fraction of sp³-hybridized carbons (Fsp3) is 0.885. The van der Waals surface area contributed by atoms with Crippen LogP contribution in [0.1, 0.15) is 271 Å². The van der Waals surface area contributed by atoms with Gasteiger partial charge >= 0.3 is 5.97 Å². The molecule has 0 aromatic carbocycles. The lowest BCUT2D eigenvalue weighted by atomic mass is 10.0. The molecule has 1 amide bonds. The van der Waals surface area contributed by atoms with Gasteiger partial charge in [-0.05, 0) is 77.0 Å². The van der Waals surface area contributed by atoms with E-state index in [2.05, 4.69) is 43.5 Å². The first-order chi connectivity index (χ1) is 28.5. The van der Waals surface area contributed by atoms with Crippen molar-refractivity contribution in [2.75, 3.05) is 13.2 Å². The Hall–Kier alpha value is -1.66. The maximum Gasteiger partial charge on any atom is 0.305 e. The molecule has 0 aliphatic rings. The van der Waals surface area contributed by atoms with E-state index in [1.165, 1.54) is 193 Å². The van der Waals surface area contributed by atoms with Crippen LogP contribution in [0.3, 0.4) is 0 Å². The molecule has 3 N–H and O–H groups in total. The van der Waals surface area contributed by atoms with Crippen molar-refractivity contribution >= 4 is 11.9 Å². The van der Waals surface area contributed by atoms with Crippen molar-refractivity contribution in [1.82, 2.24) is 5.32 Å². The number of ether oxygens (including phenoxy) is 1. The van der Waals surface area contributed by atoms with Gasteiger partial charge in [-0.2, -0.15) is 0 Å². The van der Waals surface area contributed by atoms with Gasteiger partial charge in [-0.1, -0.05) is 205 Å². The molecule has 6 heteroatoms. The zero-order chi connectivity index (χ0) is 42.3. The van der Waals surface area contributed by atoms with Crippen LogP contribution < -0.4 is 5.32 Å². The molecule has 0 aromatic rings. The van der Waals surface area contributed by atoms with E-state index in [0.717, 1.165) is 44.9 Å². The fourth-order valence-electron chi connectivity index (χ4n) is 7.74. The molecule has 342 valence electrons. The number of rotatable bonds is 47. The Morgan fingerprint density at radius 3 is 1.24 bits per heavy atom. The standard InChI is InChI=1S/C52H99NO5/c1-3-5-7-9-11-13-14-22-26-30-34-38-42-46-52(57)58-47-43-39-35-31-27-24-21-19-17-15-16-18-20-23-25-29-33-37-41-45-51(56)53-49(48-54)50(55)44-40-36-32-28-12-10-8-6-4-2/h13-16,49-50,54-55H,3-12,17-48H2,1-2H3,(H,53,56)/b14-13-,16-15-. The van der Waals surface area contributed by atoms with Crippen molar-refractivity contribution in [3.63, 3.8) is 0 Å². The number of aliphatic hydroxyl groups excluding tert-OH is 2. The van der Waals surface area contributed by atoms with Gasteiger partial charge in [0.25, 0.3) is 0 Å². The summed E-state index contributed by atoms with van der Waals surface area (Å²) in [6.07, 6.45) is 55.8. The largest absolute Gasteiger partial charge is 0.466 e. The lowest BCUT2D eigenvalue weighted by Crippen LogP contribution is -2.45. The van der Waals surface area contributed by atoms with Crippen LogP contribution in [0.5, 0.6) is 0 Å². The number of allylic oxidation sites excluding steroid dienone is 4. The minimum absolute atomic E-state index is 0.00587. The van der Waals surface area contributed by atoms with E-state index in [9.17, 15) is 19.8 Å². The van der Waals surface area contributed by atoms with Crippen molar-refractivity contribution in [2.45, 2.75) is 283 Å². The Labute approximate surface area is 361 Å². The van der Waals surface area contributed by atoms with Crippen molar-refractivity contribution in [3.8, 4) is 0 Å².